The van der Waals surface area contributed by atoms with E-state index in [0.29, 0.717) is 64.5 Å². The standard InChI is InChI=1S/C31H28Cl2N4O3.C2H6/c1-19-15-22(7-8-24(19)31(38)10-13-37(14-11-31)27-16-20(17-34)9-12-35-27)39-18-23-29(36-40-30(23)21-5-6-21)28-25(32)3-2-4-26(28)33;1-2/h2-4,7-9,12,15-16,21,38H,5-6,10-11,13-14,18H2,1H3;1-2H3. The van der Waals surface area contributed by atoms with E-state index in [4.69, 9.17) is 32.5 Å². The fourth-order valence-electron chi connectivity index (χ4n) is 5.49. The lowest BCUT2D eigenvalue weighted by molar-refractivity contribution is 0.0110. The highest BCUT2D eigenvalue weighted by Gasteiger charge is 2.36. The van der Waals surface area contributed by atoms with Gasteiger partial charge in [0.05, 0.1) is 32.8 Å². The van der Waals surface area contributed by atoms with Gasteiger partial charge in [-0.25, -0.2) is 4.98 Å². The van der Waals surface area contributed by atoms with Crippen molar-refractivity contribution >= 4 is 29.0 Å². The minimum atomic E-state index is -0.951. The molecule has 0 spiro atoms. The van der Waals surface area contributed by atoms with Crippen molar-refractivity contribution in [3.63, 3.8) is 0 Å². The van der Waals surface area contributed by atoms with Gasteiger partial charge in [0.25, 0.3) is 0 Å². The molecular weight excluding hydrogens is 571 g/mol. The number of rotatable bonds is 7. The average molecular weight is 606 g/mol. The smallest absolute Gasteiger partial charge is 0.147 e. The van der Waals surface area contributed by atoms with Crippen LogP contribution in [0.2, 0.25) is 10.0 Å². The number of pyridine rings is 1. The van der Waals surface area contributed by atoms with E-state index in [1.54, 1.807) is 36.5 Å². The quantitative estimate of drug-likeness (QED) is 0.227. The number of benzene rings is 2. The summed E-state index contributed by atoms with van der Waals surface area (Å²) in [5, 5.41) is 26.2. The Labute approximate surface area is 256 Å². The van der Waals surface area contributed by atoms with E-state index < -0.39 is 5.60 Å². The molecule has 7 nitrogen and oxygen atoms in total. The number of ether oxygens (including phenoxy) is 1. The Morgan fingerprint density at radius 2 is 1.81 bits per heavy atom. The number of piperidine rings is 1. The molecule has 1 saturated heterocycles. The molecule has 3 heterocycles. The largest absolute Gasteiger partial charge is 0.489 e. The molecule has 0 radical (unpaired) electrons. The fraction of sp³-hybridized carbons (Fsp3) is 0.364. The summed E-state index contributed by atoms with van der Waals surface area (Å²) in [5.41, 5.74) is 3.60. The van der Waals surface area contributed by atoms with E-state index in [2.05, 4.69) is 21.1 Å². The molecule has 2 aliphatic rings. The van der Waals surface area contributed by atoms with Crippen molar-refractivity contribution in [2.24, 2.45) is 0 Å². The van der Waals surface area contributed by atoms with Crippen LogP contribution < -0.4 is 9.64 Å². The van der Waals surface area contributed by atoms with E-state index in [1.165, 1.54) is 0 Å². The van der Waals surface area contributed by atoms with Crippen molar-refractivity contribution in [2.75, 3.05) is 18.0 Å². The minimum Gasteiger partial charge on any atom is -0.489 e. The third-order valence-corrected chi connectivity index (χ3v) is 8.47. The number of halogens is 2. The molecule has 9 heteroatoms. The van der Waals surface area contributed by atoms with Crippen molar-refractivity contribution < 1.29 is 14.4 Å². The highest BCUT2D eigenvalue weighted by atomic mass is 35.5. The van der Waals surface area contributed by atoms with E-state index in [1.807, 2.05) is 39.0 Å². The van der Waals surface area contributed by atoms with Gasteiger partial charge in [0.2, 0.25) is 0 Å². The average Bonchev–Trinajstić information content (AvgIpc) is 3.77. The lowest BCUT2D eigenvalue weighted by atomic mass is 9.82. The topological polar surface area (TPSA) is 95.4 Å². The molecule has 2 aromatic heterocycles. The normalized spacial score (nSPS) is 15.9. The second kappa shape index (κ2) is 12.7. The Kier molecular flexibility index (Phi) is 9.08. The number of nitriles is 1. The molecule has 6 rings (SSSR count). The lowest BCUT2D eigenvalue weighted by Crippen LogP contribution is -2.43. The molecule has 0 unspecified atom stereocenters. The molecule has 4 aromatic rings. The number of aromatic nitrogens is 2. The van der Waals surface area contributed by atoms with E-state index >= 15 is 0 Å². The van der Waals surface area contributed by atoms with Gasteiger partial charge in [0.15, 0.2) is 0 Å². The predicted molar refractivity (Wildman–Crippen MR) is 165 cm³/mol. The van der Waals surface area contributed by atoms with Gasteiger partial charge in [-0.1, -0.05) is 54.3 Å². The van der Waals surface area contributed by atoms with Crippen LogP contribution in [0.25, 0.3) is 11.3 Å². The van der Waals surface area contributed by atoms with Gasteiger partial charge in [-0.15, -0.1) is 0 Å². The Morgan fingerprint density at radius 3 is 2.45 bits per heavy atom. The summed E-state index contributed by atoms with van der Waals surface area (Å²) in [6.07, 6.45) is 4.87. The van der Waals surface area contributed by atoms with Gasteiger partial charge < -0.3 is 19.3 Å². The summed E-state index contributed by atoms with van der Waals surface area (Å²) in [6, 6.07) is 16.8. The zero-order valence-electron chi connectivity index (χ0n) is 24.0. The van der Waals surface area contributed by atoms with E-state index in [9.17, 15) is 10.4 Å². The van der Waals surface area contributed by atoms with Crippen LogP contribution in [0.3, 0.4) is 0 Å². The summed E-state index contributed by atoms with van der Waals surface area (Å²) >= 11 is 13.0. The monoisotopic (exact) mass is 604 g/mol. The summed E-state index contributed by atoms with van der Waals surface area (Å²) < 4.78 is 12.0. The van der Waals surface area contributed by atoms with Gasteiger partial charge in [-0.2, -0.15) is 5.26 Å². The number of anilines is 1. The molecule has 0 atom stereocenters. The first kappa shape index (κ1) is 29.9. The van der Waals surface area contributed by atoms with E-state index in [0.717, 1.165) is 41.1 Å². The summed E-state index contributed by atoms with van der Waals surface area (Å²) in [6.45, 7) is 7.54. The molecule has 42 heavy (non-hydrogen) atoms. The molecule has 1 N–H and O–H groups in total. The van der Waals surface area contributed by atoms with Gasteiger partial charge in [0.1, 0.15) is 29.6 Å². The van der Waals surface area contributed by atoms with Crippen LogP contribution in [-0.4, -0.2) is 28.3 Å². The number of aliphatic hydroxyl groups is 1. The van der Waals surface area contributed by atoms with Crippen LogP contribution in [0.5, 0.6) is 5.75 Å². The number of hydrogen-bond acceptors (Lipinski definition) is 7. The number of nitrogens with zero attached hydrogens (tertiary/aromatic N) is 4. The Balaban J connectivity index is 0.00000173. The molecular formula is C33H34Cl2N4O3. The second-order valence-electron chi connectivity index (χ2n) is 10.5. The van der Waals surface area contributed by atoms with Crippen LogP contribution in [0.15, 0.2) is 59.3 Å². The van der Waals surface area contributed by atoms with Crippen LogP contribution >= 0.6 is 23.2 Å². The van der Waals surface area contributed by atoms with Crippen molar-refractivity contribution in [3.8, 4) is 23.1 Å². The molecule has 1 saturated carbocycles. The highest BCUT2D eigenvalue weighted by Crippen LogP contribution is 2.46. The molecule has 1 aliphatic carbocycles. The van der Waals surface area contributed by atoms with Crippen molar-refractivity contribution in [1.29, 1.82) is 5.26 Å². The molecule has 1 aliphatic heterocycles. The van der Waals surface area contributed by atoms with Crippen molar-refractivity contribution in [1.82, 2.24) is 10.1 Å². The zero-order valence-corrected chi connectivity index (χ0v) is 25.5. The maximum absolute atomic E-state index is 11.6. The first-order chi connectivity index (χ1) is 20.4. The molecule has 0 amide bonds. The summed E-state index contributed by atoms with van der Waals surface area (Å²) in [5.74, 6) is 2.62. The summed E-state index contributed by atoms with van der Waals surface area (Å²) in [4.78, 5) is 6.52. The number of aryl methyl sites for hydroxylation is 1. The van der Waals surface area contributed by atoms with Gasteiger partial charge in [-0.05, 0) is 80.1 Å². The Hall–Kier alpha value is -3.57. The predicted octanol–water partition coefficient (Wildman–Crippen LogP) is 8.19. The third kappa shape index (κ3) is 6.12. The fourth-order valence-corrected chi connectivity index (χ4v) is 6.06. The van der Waals surface area contributed by atoms with Gasteiger partial charge in [-0.3, -0.25) is 0 Å². The first-order valence-electron chi connectivity index (χ1n) is 14.4. The van der Waals surface area contributed by atoms with Crippen molar-refractivity contribution in [3.05, 3.63) is 92.8 Å². The maximum Gasteiger partial charge on any atom is 0.147 e. The van der Waals surface area contributed by atoms with Crippen LogP contribution in [0.4, 0.5) is 5.82 Å². The van der Waals surface area contributed by atoms with Crippen molar-refractivity contribution in [2.45, 2.75) is 64.6 Å². The highest BCUT2D eigenvalue weighted by molar-refractivity contribution is 6.39. The number of hydrogen-bond donors (Lipinski definition) is 1. The van der Waals surface area contributed by atoms with Gasteiger partial charge >= 0.3 is 0 Å². The van der Waals surface area contributed by atoms with Crippen LogP contribution in [-0.2, 0) is 12.2 Å². The molecule has 2 aromatic carbocycles. The maximum atomic E-state index is 11.6. The lowest BCUT2D eigenvalue weighted by Gasteiger charge is -2.39. The molecule has 0 bridgehead atoms. The second-order valence-corrected chi connectivity index (χ2v) is 11.4. The zero-order chi connectivity index (χ0) is 29.9. The molecule has 218 valence electrons. The molecule has 2 fully saturated rings. The SMILES string of the molecule is CC.Cc1cc(OCc2c(-c3c(Cl)cccc3Cl)noc2C2CC2)ccc1C1(O)CCN(c2cc(C#N)ccn2)CC1. The Bertz CT molecular complexity index is 1580. The van der Waals surface area contributed by atoms with E-state index in [-0.39, 0.29) is 6.61 Å². The first-order valence-corrected chi connectivity index (χ1v) is 15.1. The minimum absolute atomic E-state index is 0.263. The van der Waals surface area contributed by atoms with Crippen LogP contribution in [0.1, 0.15) is 73.5 Å². The summed E-state index contributed by atoms with van der Waals surface area (Å²) in [7, 11) is 0. The van der Waals surface area contributed by atoms with Gasteiger partial charge in [0, 0.05) is 30.8 Å². The van der Waals surface area contributed by atoms with Crippen LogP contribution in [0, 0.1) is 18.3 Å². The Morgan fingerprint density at radius 1 is 1.10 bits per heavy atom. The third-order valence-electron chi connectivity index (χ3n) is 7.84.